The summed E-state index contributed by atoms with van der Waals surface area (Å²) < 4.78 is 29.2. The fraction of sp³-hybridized carbons (Fsp3) is 0.353. The molecule has 0 radical (unpaired) electrons. The fourth-order valence-corrected chi connectivity index (χ4v) is 2.98. The van der Waals surface area contributed by atoms with Gasteiger partial charge in [-0.2, -0.15) is 13.9 Å². The van der Waals surface area contributed by atoms with Gasteiger partial charge in [-0.05, 0) is 25.5 Å². The molecule has 0 bridgehead atoms. The summed E-state index contributed by atoms with van der Waals surface area (Å²) in [7, 11) is 0. The predicted octanol–water partition coefficient (Wildman–Crippen LogP) is 2.61. The van der Waals surface area contributed by atoms with E-state index < -0.39 is 18.0 Å². The van der Waals surface area contributed by atoms with Crippen molar-refractivity contribution in [1.29, 1.82) is 0 Å². The van der Waals surface area contributed by atoms with Crippen LogP contribution in [-0.4, -0.2) is 51.8 Å². The minimum absolute atomic E-state index is 0.0369. The molecule has 7 nitrogen and oxygen atoms in total. The molecule has 1 aromatic carbocycles. The van der Waals surface area contributed by atoms with Crippen LogP contribution in [-0.2, 0) is 4.79 Å². The molecule has 1 saturated heterocycles. The standard InChI is InChI=1S/C17H17F2N3O4/c1-17(15(24)25)5-6-22(9-17)14(23)12-8-20-21-13(12)10-3-2-4-11(7-10)26-16(18)19/h2-4,7-8,16H,5-6,9H2,1H3,(H,20,21)(H,24,25). The van der Waals surface area contributed by atoms with Crippen LogP contribution in [0.25, 0.3) is 11.3 Å². The van der Waals surface area contributed by atoms with Crippen LogP contribution in [0, 0.1) is 5.41 Å². The fourth-order valence-electron chi connectivity index (χ4n) is 2.98. The summed E-state index contributed by atoms with van der Waals surface area (Å²) in [5.74, 6) is -1.35. The third-order valence-electron chi connectivity index (χ3n) is 4.49. The lowest BCUT2D eigenvalue weighted by Crippen LogP contribution is -2.34. The van der Waals surface area contributed by atoms with Gasteiger partial charge in [0.15, 0.2) is 0 Å². The molecule has 1 atom stereocenters. The average Bonchev–Trinajstić information content (AvgIpc) is 3.21. The van der Waals surface area contributed by atoms with E-state index in [2.05, 4.69) is 14.9 Å². The van der Waals surface area contributed by atoms with Gasteiger partial charge in [0.2, 0.25) is 0 Å². The number of likely N-dealkylation sites (tertiary alicyclic amines) is 1. The Kier molecular flexibility index (Phi) is 4.62. The molecule has 0 saturated carbocycles. The van der Waals surface area contributed by atoms with E-state index in [1.807, 2.05) is 0 Å². The zero-order chi connectivity index (χ0) is 18.9. The van der Waals surface area contributed by atoms with Gasteiger partial charge < -0.3 is 14.7 Å². The molecule has 1 aromatic heterocycles. The van der Waals surface area contributed by atoms with Crippen LogP contribution in [0.15, 0.2) is 30.5 Å². The number of carbonyl (C=O) groups excluding carboxylic acids is 1. The molecular formula is C17H17F2N3O4. The number of carboxylic acid groups (broad SMARTS) is 1. The van der Waals surface area contributed by atoms with Crippen molar-refractivity contribution < 1.29 is 28.2 Å². The minimum atomic E-state index is -2.95. The first kappa shape index (κ1) is 17.8. The Hall–Kier alpha value is -2.97. The third kappa shape index (κ3) is 3.37. The van der Waals surface area contributed by atoms with E-state index in [4.69, 9.17) is 0 Å². The Morgan fingerprint density at radius 3 is 2.85 bits per heavy atom. The molecule has 138 valence electrons. The van der Waals surface area contributed by atoms with Crippen molar-refractivity contribution in [2.24, 2.45) is 5.41 Å². The van der Waals surface area contributed by atoms with Crippen molar-refractivity contribution >= 4 is 11.9 Å². The number of hydrogen-bond acceptors (Lipinski definition) is 4. The third-order valence-corrected chi connectivity index (χ3v) is 4.49. The molecule has 2 N–H and O–H groups in total. The zero-order valence-electron chi connectivity index (χ0n) is 13.9. The summed E-state index contributed by atoms with van der Waals surface area (Å²) in [6.45, 7) is -0.933. The zero-order valence-corrected chi connectivity index (χ0v) is 13.9. The Morgan fingerprint density at radius 2 is 2.19 bits per heavy atom. The lowest BCUT2D eigenvalue weighted by Gasteiger charge is -2.20. The van der Waals surface area contributed by atoms with Crippen molar-refractivity contribution in [2.45, 2.75) is 20.0 Å². The first-order valence-corrected chi connectivity index (χ1v) is 7.91. The number of aliphatic carboxylic acids is 1. The monoisotopic (exact) mass is 365 g/mol. The van der Waals surface area contributed by atoms with E-state index in [0.29, 0.717) is 24.2 Å². The number of alkyl halides is 2. The van der Waals surface area contributed by atoms with E-state index in [0.717, 1.165) is 0 Å². The summed E-state index contributed by atoms with van der Waals surface area (Å²) in [6, 6.07) is 5.92. The number of amides is 1. The average molecular weight is 365 g/mol. The second kappa shape index (κ2) is 6.74. The number of halogens is 2. The maximum atomic E-state index is 12.8. The van der Waals surface area contributed by atoms with Crippen LogP contribution >= 0.6 is 0 Å². The maximum Gasteiger partial charge on any atom is 0.387 e. The van der Waals surface area contributed by atoms with Crippen LogP contribution in [0.2, 0.25) is 0 Å². The van der Waals surface area contributed by atoms with E-state index >= 15 is 0 Å². The number of aromatic amines is 1. The lowest BCUT2D eigenvalue weighted by atomic mass is 9.90. The van der Waals surface area contributed by atoms with Crippen molar-refractivity contribution in [2.75, 3.05) is 13.1 Å². The van der Waals surface area contributed by atoms with Crippen LogP contribution in [0.4, 0.5) is 8.78 Å². The number of nitrogens with zero attached hydrogens (tertiary/aromatic N) is 2. The molecule has 1 aliphatic heterocycles. The number of carbonyl (C=O) groups is 2. The molecule has 2 aromatic rings. The van der Waals surface area contributed by atoms with Gasteiger partial charge in [-0.15, -0.1) is 0 Å². The molecule has 2 heterocycles. The molecule has 1 fully saturated rings. The SMILES string of the molecule is CC1(C(=O)O)CCN(C(=O)c2cn[nH]c2-c2cccc(OC(F)F)c2)C1. The number of rotatable bonds is 5. The second-order valence-electron chi connectivity index (χ2n) is 6.41. The highest BCUT2D eigenvalue weighted by molar-refractivity contribution is 6.00. The predicted molar refractivity (Wildman–Crippen MR) is 86.9 cm³/mol. The summed E-state index contributed by atoms with van der Waals surface area (Å²) in [5.41, 5.74) is 0.0848. The number of hydrogen-bond donors (Lipinski definition) is 2. The lowest BCUT2D eigenvalue weighted by molar-refractivity contribution is -0.147. The van der Waals surface area contributed by atoms with Crippen molar-refractivity contribution in [3.8, 4) is 17.0 Å². The van der Waals surface area contributed by atoms with E-state index in [1.54, 1.807) is 13.0 Å². The van der Waals surface area contributed by atoms with E-state index in [-0.39, 0.29) is 23.8 Å². The van der Waals surface area contributed by atoms with Crippen LogP contribution in [0.5, 0.6) is 5.75 Å². The summed E-state index contributed by atoms with van der Waals surface area (Å²) in [4.78, 5) is 25.6. The Bertz CT molecular complexity index is 839. The van der Waals surface area contributed by atoms with Gasteiger partial charge >= 0.3 is 12.6 Å². The van der Waals surface area contributed by atoms with Gasteiger partial charge in [-0.3, -0.25) is 14.7 Å². The molecule has 1 unspecified atom stereocenters. The Morgan fingerprint density at radius 1 is 1.42 bits per heavy atom. The Balaban J connectivity index is 1.85. The number of aromatic nitrogens is 2. The first-order chi connectivity index (χ1) is 12.3. The summed E-state index contributed by atoms with van der Waals surface area (Å²) in [5, 5.41) is 15.9. The molecule has 0 aliphatic carbocycles. The number of H-pyrrole nitrogens is 1. The number of carboxylic acids is 1. The van der Waals surface area contributed by atoms with Gasteiger partial charge in [-0.1, -0.05) is 12.1 Å². The van der Waals surface area contributed by atoms with Gasteiger partial charge in [0.1, 0.15) is 5.75 Å². The largest absolute Gasteiger partial charge is 0.481 e. The summed E-state index contributed by atoms with van der Waals surface area (Å²) >= 11 is 0. The maximum absolute atomic E-state index is 12.8. The van der Waals surface area contributed by atoms with Crippen molar-refractivity contribution in [3.05, 3.63) is 36.0 Å². The number of ether oxygens (including phenoxy) is 1. The van der Waals surface area contributed by atoms with Crippen LogP contribution in [0.1, 0.15) is 23.7 Å². The van der Waals surface area contributed by atoms with Crippen molar-refractivity contribution in [3.63, 3.8) is 0 Å². The molecule has 26 heavy (non-hydrogen) atoms. The Labute approximate surface area is 147 Å². The highest BCUT2D eigenvalue weighted by Crippen LogP contribution is 2.33. The normalized spacial score (nSPS) is 19.8. The minimum Gasteiger partial charge on any atom is -0.481 e. The van der Waals surface area contributed by atoms with E-state index in [1.165, 1.54) is 29.3 Å². The second-order valence-corrected chi connectivity index (χ2v) is 6.41. The highest BCUT2D eigenvalue weighted by Gasteiger charge is 2.42. The summed E-state index contributed by atoms with van der Waals surface area (Å²) in [6.07, 6.45) is 1.70. The quantitative estimate of drug-likeness (QED) is 0.849. The van der Waals surface area contributed by atoms with E-state index in [9.17, 15) is 23.5 Å². The molecular weight excluding hydrogens is 348 g/mol. The van der Waals surface area contributed by atoms with Crippen LogP contribution < -0.4 is 4.74 Å². The van der Waals surface area contributed by atoms with Gasteiger partial charge in [-0.25, -0.2) is 0 Å². The molecule has 1 amide bonds. The molecule has 9 heteroatoms. The van der Waals surface area contributed by atoms with Gasteiger partial charge in [0.05, 0.1) is 22.9 Å². The first-order valence-electron chi connectivity index (χ1n) is 7.91. The highest BCUT2D eigenvalue weighted by atomic mass is 19.3. The van der Waals surface area contributed by atoms with Gasteiger partial charge in [0, 0.05) is 18.7 Å². The number of benzene rings is 1. The van der Waals surface area contributed by atoms with Crippen LogP contribution in [0.3, 0.4) is 0 Å². The smallest absolute Gasteiger partial charge is 0.387 e. The molecule has 0 spiro atoms. The molecule has 3 rings (SSSR count). The van der Waals surface area contributed by atoms with Gasteiger partial charge in [0.25, 0.3) is 5.91 Å². The van der Waals surface area contributed by atoms with Crippen molar-refractivity contribution in [1.82, 2.24) is 15.1 Å². The molecule has 1 aliphatic rings. The number of nitrogens with one attached hydrogen (secondary N) is 1. The topological polar surface area (TPSA) is 95.5 Å².